The van der Waals surface area contributed by atoms with E-state index in [4.69, 9.17) is 9.47 Å². The number of hydrogen-bond donors (Lipinski definition) is 1. The van der Waals surface area contributed by atoms with Crippen molar-refractivity contribution in [2.24, 2.45) is 0 Å². The zero-order valence-corrected chi connectivity index (χ0v) is 21.0. The van der Waals surface area contributed by atoms with Crippen LogP contribution < -0.4 is 10.1 Å². The first-order chi connectivity index (χ1) is 15.6. The zero-order chi connectivity index (χ0) is 24.2. The molecule has 178 valence electrons. The highest BCUT2D eigenvalue weighted by molar-refractivity contribution is 5.90. The third-order valence-electron chi connectivity index (χ3n) is 5.37. The van der Waals surface area contributed by atoms with E-state index in [0.717, 1.165) is 77.1 Å². The number of nitrogens with zero attached hydrogens (tertiary/aromatic N) is 2. The summed E-state index contributed by atoms with van der Waals surface area (Å²) in [5, 5.41) is 8.92. The summed E-state index contributed by atoms with van der Waals surface area (Å²) < 4.78 is 13.3. The molecule has 3 rings (SSSR count). The second-order valence-corrected chi connectivity index (χ2v) is 9.55. The fraction of sp³-hybridized carbons (Fsp3) is 0.481. The second-order valence-electron chi connectivity index (χ2n) is 9.55. The third kappa shape index (κ3) is 6.06. The number of aromatic nitrogens is 2. The number of hydrogen-bond acceptors (Lipinski definition) is 5. The van der Waals surface area contributed by atoms with Crippen LogP contribution in [0.25, 0.3) is 10.9 Å². The van der Waals surface area contributed by atoms with Crippen molar-refractivity contribution in [3.63, 3.8) is 0 Å². The van der Waals surface area contributed by atoms with E-state index in [0.29, 0.717) is 0 Å². The van der Waals surface area contributed by atoms with Gasteiger partial charge in [0.2, 0.25) is 0 Å². The molecule has 0 fully saturated rings. The Bertz CT molecular complexity index is 1100. The van der Waals surface area contributed by atoms with Gasteiger partial charge >= 0.3 is 6.09 Å². The summed E-state index contributed by atoms with van der Waals surface area (Å²) in [4.78, 5) is 12.8. The van der Waals surface area contributed by atoms with Crippen molar-refractivity contribution in [3.05, 3.63) is 47.2 Å². The number of benzene rings is 2. The van der Waals surface area contributed by atoms with Crippen LogP contribution in [0.2, 0.25) is 0 Å². The zero-order valence-electron chi connectivity index (χ0n) is 21.0. The molecule has 0 aliphatic rings. The molecular weight excluding hydrogens is 414 g/mol. The van der Waals surface area contributed by atoms with Crippen LogP contribution in [0.4, 0.5) is 10.5 Å². The molecular formula is C27H37N3O3. The lowest BCUT2D eigenvalue weighted by molar-refractivity contribution is 0.0522. The van der Waals surface area contributed by atoms with Crippen LogP contribution in [-0.2, 0) is 11.2 Å². The molecule has 2 aromatic carbocycles. The summed E-state index contributed by atoms with van der Waals surface area (Å²) in [6.07, 6.45) is 3.60. The summed E-state index contributed by atoms with van der Waals surface area (Å²) in [7, 11) is 0. The monoisotopic (exact) mass is 451 g/mol. The van der Waals surface area contributed by atoms with E-state index in [1.54, 1.807) is 0 Å². The van der Waals surface area contributed by atoms with Crippen LogP contribution in [0.5, 0.6) is 11.5 Å². The quantitative estimate of drug-likeness (QED) is 0.362. The minimum Gasteiger partial charge on any atom is -0.457 e. The Kier molecular flexibility index (Phi) is 7.67. The minimum absolute atomic E-state index is 0.464. The maximum atomic E-state index is 12.8. The molecule has 1 heterocycles. The maximum Gasteiger partial charge on any atom is 0.435 e. The Balaban J connectivity index is 1.98. The van der Waals surface area contributed by atoms with Crippen LogP contribution in [0, 0.1) is 13.8 Å². The topological polar surface area (TPSA) is 65.4 Å². The number of carbonyl (C=O) groups is 1. The average Bonchev–Trinajstić information content (AvgIpc) is 3.08. The van der Waals surface area contributed by atoms with Gasteiger partial charge in [-0.1, -0.05) is 19.8 Å². The number of carbonyl (C=O) groups excluding carboxylic acids is 1. The third-order valence-corrected chi connectivity index (χ3v) is 5.37. The number of anilines is 1. The molecule has 0 saturated heterocycles. The van der Waals surface area contributed by atoms with Gasteiger partial charge in [-0.05, 0) is 95.8 Å². The molecule has 0 aliphatic carbocycles. The van der Waals surface area contributed by atoms with Crippen LogP contribution in [0.15, 0.2) is 30.3 Å². The highest BCUT2D eigenvalue weighted by Gasteiger charge is 2.22. The normalized spacial score (nSPS) is 11.6. The molecule has 0 saturated carbocycles. The van der Waals surface area contributed by atoms with Crippen LogP contribution >= 0.6 is 0 Å². The number of fused-ring (bicyclic) bond motifs is 1. The summed E-state index contributed by atoms with van der Waals surface area (Å²) >= 11 is 0. The van der Waals surface area contributed by atoms with Gasteiger partial charge in [0.15, 0.2) is 0 Å². The number of nitrogens with one attached hydrogen (secondary N) is 1. The van der Waals surface area contributed by atoms with E-state index in [9.17, 15) is 4.79 Å². The van der Waals surface area contributed by atoms with E-state index in [1.165, 1.54) is 4.68 Å². The van der Waals surface area contributed by atoms with Gasteiger partial charge in [-0.25, -0.2) is 4.79 Å². The predicted octanol–water partition coefficient (Wildman–Crippen LogP) is 7.39. The minimum atomic E-state index is -0.589. The SMILES string of the molecule is CCCCCc1nn(C(=O)OC(C)(C)C)c2ccc(Oc3c(C)cc(NCC)cc3C)cc12. The Morgan fingerprint density at radius 2 is 1.76 bits per heavy atom. The molecule has 0 radical (unpaired) electrons. The van der Waals surface area contributed by atoms with Crippen molar-refractivity contribution in [2.45, 2.75) is 79.8 Å². The van der Waals surface area contributed by atoms with Crippen molar-refractivity contribution in [1.82, 2.24) is 9.78 Å². The number of unbranched alkanes of at least 4 members (excludes halogenated alkanes) is 2. The molecule has 1 N–H and O–H groups in total. The molecule has 0 atom stereocenters. The first kappa shape index (κ1) is 24.6. The van der Waals surface area contributed by atoms with Gasteiger partial charge in [0.25, 0.3) is 0 Å². The molecule has 6 heteroatoms. The summed E-state index contributed by atoms with van der Waals surface area (Å²) in [6, 6.07) is 9.96. The predicted molar refractivity (Wildman–Crippen MR) is 135 cm³/mol. The van der Waals surface area contributed by atoms with E-state index < -0.39 is 11.7 Å². The lowest BCUT2D eigenvalue weighted by Crippen LogP contribution is -2.27. The summed E-state index contributed by atoms with van der Waals surface area (Å²) in [6.45, 7) is 14.8. The number of rotatable bonds is 8. The van der Waals surface area contributed by atoms with Gasteiger partial charge in [-0.15, -0.1) is 0 Å². The highest BCUT2D eigenvalue weighted by Crippen LogP contribution is 2.34. The van der Waals surface area contributed by atoms with E-state index in [2.05, 4.69) is 50.2 Å². The number of ether oxygens (including phenoxy) is 2. The Labute approximate surface area is 197 Å². The van der Waals surface area contributed by atoms with Gasteiger partial charge in [0.1, 0.15) is 17.1 Å². The fourth-order valence-electron chi connectivity index (χ4n) is 3.93. The van der Waals surface area contributed by atoms with E-state index in [-0.39, 0.29) is 0 Å². The Morgan fingerprint density at radius 3 is 2.36 bits per heavy atom. The van der Waals surface area contributed by atoms with Crippen LogP contribution in [0.1, 0.15) is 70.7 Å². The first-order valence-electron chi connectivity index (χ1n) is 11.9. The molecule has 0 bridgehead atoms. The Morgan fingerprint density at radius 1 is 1.06 bits per heavy atom. The largest absolute Gasteiger partial charge is 0.457 e. The maximum absolute atomic E-state index is 12.8. The van der Waals surface area contributed by atoms with Crippen LogP contribution in [0.3, 0.4) is 0 Å². The molecule has 3 aromatic rings. The molecule has 1 aromatic heterocycles. The van der Waals surface area contributed by atoms with Gasteiger partial charge in [-0.3, -0.25) is 0 Å². The molecule has 0 unspecified atom stereocenters. The van der Waals surface area contributed by atoms with Crippen molar-refractivity contribution >= 4 is 22.7 Å². The standard InChI is InChI=1S/C27H37N3O3/c1-8-10-11-12-23-22-17-21(32-25-18(3)15-20(28-9-2)16-19(25)4)13-14-24(22)30(29-23)26(31)33-27(5,6)7/h13-17,28H,8-12H2,1-7H3. The van der Waals surface area contributed by atoms with Crippen LogP contribution in [-0.4, -0.2) is 28.0 Å². The van der Waals surface area contributed by atoms with Crippen molar-refractivity contribution in [1.29, 1.82) is 0 Å². The van der Waals surface area contributed by atoms with Gasteiger partial charge in [0, 0.05) is 17.6 Å². The Hall–Kier alpha value is -3.02. The lowest BCUT2D eigenvalue weighted by Gasteiger charge is -2.19. The fourth-order valence-corrected chi connectivity index (χ4v) is 3.93. The molecule has 0 amide bonds. The van der Waals surface area contributed by atoms with Crippen molar-refractivity contribution in [2.75, 3.05) is 11.9 Å². The molecule has 0 aliphatic heterocycles. The summed E-state index contributed by atoms with van der Waals surface area (Å²) in [5.41, 5.74) is 4.27. The number of aryl methyl sites for hydroxylation is 3. The second kappa shape index (κ2) is 10.3. The molecule has 33 heavy (non-hydrogen) atoms. The van der Waals surface area contributed by atoms with Crippen molar-refractivity contribution in [3.8, 4) is 11.5 Å². The first-order valence-corrected chi connectivity index (χ1v) is 11.9. The molecule has 0 spiro atoms. The van der Waals surface area contributed by atoms with E-state index >= 15 is 0 Å². The lowest BCUT2D eigenvalue weighted by atomic mass is 10.1. The summed E-state index contributed by atoms with van der Waals surface area (Å²) in [5.74, 6) is 1.58. The van der Waals surface area contributed by atoms with Gasteiger partial charge in [0.05, 0.1) is 11.2 Å². The molecule has 6 nitrogen and oxygen atoms in total. The smallest absolute Gasteiger partial charge is 0.435 e. The van der Waals surface area contributed by atoms with Gasteiger partial charge < -0.3 is 14.8 Å². The highest BCUT2D eigenvalue weighted by atomic mass is 16.6. The van der Waals surface area contributed by atoms with Crippen molar-refractivity contribution < 1.29 is 14.3 Å². The average molecular weight is 452 g/mol. The van der Waals surface area contributed by atoms with Gasteiger partial charge in [-0.2, -0.15) is 9.78 Å². The van der Waals surface area contributed by atoms with E-state index in [1.807, 2.05) is 39.0 Å².